The molecule has 1 amide bonds. The molecule has 40 heavy (non-hydrogen) atoms. The van der Waals surface area contributed by atoms with Gasteiger partial charge in [0.15, 0.2) is 0 Å². The van der Waals surface area contributed by atoms with Gasteiger partial charge in [0.1, 0.15) is 29.1 Å². The van der Waals surface area contributed by atoms with Crippen molar-refractivity contribution in [3.63, 3.8) is 0 Å². The number of carbonyl (C=O) groups is 2. The number of carboxylic acids is 1. The van der Waals surface area contributed by atoms with Crippen LogP contribution in [0, 0.1) is 0 Å². The number of carbonyl (C=O) groups excluding carboxylic acids is 1. The number of hydrogen-bond donors (Lipinski definition) is 2. The molecule has 204 valence electrons. The van der Waals surface area contributed by atoms with Gasteiger partial charge in [0, 0.05) is 17.2 Å². The number of aliphatic carboxylic acids is 1. The van der Waals surface area contributed by atoms with Crippen LogP contribution in [-0.4, -0.2) is 30.1 Å². The van der Waals surface area contributed by atoms with Crippen molar-refractivity contribution in [2.75, 3.05) is 13.2 Å². The standard InChI is InChI=1S/C31H25Cl2NO6/c32-24-8-4-5-9-26(24)40-29(19-6-2-1-3-7-19)18-34-30(35)20-10-12-21(13-11-20)39-28-17-27-23(16-25(28)33)22(31(36)37)14-15-38-27/h1-13,16-17,22,29H,14-15,18H2,(H,34,35)(H,36,37). The summed E-state index contributed by atoms with van der Waals surface area (Å²) in [6.45, 7) is 0.512. The SMILES string of the molecule is O=C(NCC(Oc1ccccc1Cl)c1ccccc1)c1ccc(Oc2cc3c(cc2Cl)C(C(=O)O)CCO3)cc1. The second-order valence-corrected chi connectivity index (χ2v) is 9.95. The lowest BCUT2D eigenvalue weighted by Gasteiger charge is -2.24. The highest BCUT2D eigenvalue weighted by Crippen LogP contribution is 2.42. The lowest BCUT2D eigenvalue weighted by Crippen LogP contribution is -2.30. The monoisotopic (exact) mass is 577 g/mol. The molecule has 0 aliphatic carbocycles. The molecule has 0 spiro atoms. The number of ether oxygens (including phenoxy) is 3. The van der Waals surface area contributed by atoms with Crippen LogP contribution >= 0.6 is 23.2 Å². The summed E-state index contributed by atoms with van der Waals surface area (Å²) in [4.78, 5) is 24.5. The van der Waals surface area contributed by atoms with Crippen molar-refractivity contribution in [2.24, 2.45) is 0 Å². The minimum Gasteiger partial charge on any atom is -0.493 e. The molecule has 2 unspecified atom stereocenters. The lowest BCUT2D eigenvalue weighted by atomic mass is 9.93. The average Bonchev–Trinajstić information content (AvgIpc) is 2.97. The van der Waals surface area contributed by atoms with Crippen LogP contribution < -0.4 is 19.5 Å². The fraction of sp³-hybridized carbons (Fsp3) is 0.161. The molecule has 7 nitrogen and oxygen atoms in total. The van der Waals surface area contributed by atoms with Crippen LogP contribution in [0.3, 0.4) is 0 Å². The molecule has 2 N–H and O–H groups in total. The molecule has 0 saturated carbocycles. The molecule has 4 aromatic carbocycles. The van der Waals surface area contributed by atoms with Gasteiger partial charge in [-0.15, -0.1) is 0 Å². The number of hydrogen-bond acceptors (Lipinski definition) is 5. The first-order chi connectivity index (χ1) is 19.4. The summed E-state index contributed by atoms with van der Waals surface area (Å²) < 4.78 is 17.7. The molecule has 9 heteroatoms. The number of carboxylic acid groups (broad SMARTS) is 1. The Kier molecular flexibility index (Phi) is 8.43. The molecule has 2 atom stereocenters. The van der Waals surface area contributed by atoms with Gasteiger partial charge in [-0.1, -0.05) is 65.7 Å². The second kappa shape index (κ2) is 12.3. The van der Waals surface area contributed by atoms with Crippen LogP contribution in [0.2, 0.25) is 10.0 Å². The Morgan fingerprint density at radius 2 is 1.65 bits per heavy atom. The molecule has 1 aliphatic heterocycles. The van der Waals surface area contributed by atoms with Crippen molar-refractivity contribution in [3.05, 3.63) is 118 Å². The smallest absolute Gasteiger partial charge is 0.311 e. The van der Waals surface area contributed by atoms with E-state index in [0.29, 0.717) is 52.2 Å². The van der Waals surface area contributed by atoms with E-state index in [1.807, 2.05) is 42.5 Å². The van der Waals surface area contributed by atoms with E-state index >= 15 is 0 Å². The van der Waals surface area contributed by atoms with Gasteiger partial charge in [0.05, 0.1) is 29.1 Å². The van der Waals surface area contributed by atoms with Gasteiger partial charge in [-0.3, -0.25) is 9.59 Å². The Morgan fingerprint density at radius 3 is 2.38 bits per heavy atom. The van der Waals surface area contributed by atoms with Crippen molar-refractivity contribution < 1.29 is 28.9 Å². The number of amides is 1. The molecule has 1 heterocycles. The zero-order valence-corrected chi connectivity index (χ0v) is 22.7. The summed E-state index contributed by atoms with van der Waals surface area (Å²) in [5.74, 6) is -0.146. The molecule has 1 aliphatic rings. The van der Waals surface area contributed by atoms with Crippen LogP contribution in [0.15, 0.2) is 91.0 Å². The van der Waals surface area contributed by atoms with Crippen LogP contribution in [0.25, 0.3) is 0 Å². The van der Waals surface area contributed by atoms with Gasteiger partial charge in [0.2, 0.25) is 0 Å². The zero-order valence-electron chi connectivity index (χ0n) is 21.2. The van der Waals surface area contributed by atoms with E-state index in [2.05, 4.69) is 5.32 Å². The van der Waals surface area contributed by atoms with E-state index in [9.17, 15) is 14.7 Å². The number of rotatable bonds is 9. The summed E-state index contributed by atoms with van der Waals surface area (Å²) in [6, 6.07) is 26.5. The molecule has 5 rings (SSSR count). The maximum atomic E-state index is 13.0. The lowest BCUT2D eigenvalue weighted by molar-refractivity contribution is -0.139. The van der Waals surface area contributed by atoms with Crippen LogP contribution in [0.4, 0.5) is 0 Å². The van der Waals surface area contributed by atoms with E-state index in [1.54, 1.807) is 48.5 Å². The first-order valence-corrected chi connectivity index (χ1v) is 13.4. The van der Waals surface area contributed by atoms with E-state index in [-0.39, 0.29) is 17.5 Å². The topological polar surface area (TPSA) is 94.1 Å². The van der Waals surface area contributed by atoms with Gasteiger partial charge < -0.3 is 24.6 Å². The van der Waals surface area contributed by atoms with Crippen molar-refractivity contribution in [2.45, 2.75) is 18.4 Å². The zero-order chi connectivity index (χ0) is 28.1. The molecule has 0 aromatic heterocycles. The maximum Gasteiger partial charge on any atom is 0.311 e. The Labute approximate surface area is 241 Å². The summed E-state index contributed by atoms with van der Waals surface area (Å²) in [5, 5.41) is 13.2. The summed E-state index contributed by atoms with van der Waals surface area (Å²) in [5.41, 5.74) is 1.85. The van der Waals surface area contributed by atoms with Gasteiger partial charge in [-0.05, 0) is 54.4 Å². The number of halogens is 2. The first-order valence-electron chi connectivity index (χ1n) is 12.6. The van der Waals surface area contributed by atoms with Crippen LogP contribution in [0.5, 0.6) is 23.0 Å². The Balaban J connectivity index is 1.25. The van der Waals surface area contributed by atoms with E-state index in [1.165, 1.54) is 0 Å². The predicted octanol–water partition coefficient (Wildman–Crippen LogP) is 7.29. The molecule has 0 radical (unpaired) electrons. The van der Waals surface area contributed by atoms with Crippen molar-refractivity contribution >= 4 is 35.1 Å². The fourth-order valence-corrected chi connectivity index (χ4v) is 4.79. The largest absolute Gasteiger partial charge is 0.493 e. The van der Waals surface area contributed by atoms with Gasteiger partial charge >= 0.3 is 5.97 Å². The summed E-state index contributed by atoms with van der Waals surface area (Å²) >= 11 is 12.7. The minimum atomic E-state index is -0.923. The second-order valence-electron chi connectivity index (χ2n) is 9.13. The van der Waals surface area contributed by atoms with Crippen LogP contribution in [0.1, 0.15) is 39.9 Å². The highest BCUT2D eigenvalue weighted by Gasteiger charge is 2.29. The quantitative estimate of drug-likeness (QED) is 0.217. The van der Waals surface area contributed by atoms with Gasteiger partial charge in [-0.25, -0.2) is 0 Å². The molecule has 0 fully saturated rings. The van der Waals surface area contributed by atoms with Gasteiger partial charge in [0.25, 0.3) is 5.91 Å². The van der Waals surface area contributed by atoms with E-state index < -0.39 is 18.0 Å². The third kappa shape index (κ3) is 6.33. The third-order valence-corrected chi connectivity index (χ3v) is 7.08. The van der Waals surface area contributed by atoms with Crippen molar-refractivity contribution in [1.29, 1.82) is 0 Å². The van der Waals surface area contributed by atoms with E-state index in [0.717, 1.165) is 5.56 Å². The average molecular weight is 578 g/mol. The van der Waals surface area contributed by atoms with E-state index in [4.69, 9.17) is 37.4 Å². The molecule has 0 saturated heterocycles. The summed E-state index contributed by atoms with van der Waals surface area (Å²) in [6.07, 6.45) is -0.0811. The number of nitrogens with one attached hydrogen (secondary N) is 1. The van der Waals surface area contributed by atoms with Crippen molar-refractivity contribution in [3.8, 4) is 23.0 Å². The highest BCUT2D eigenvalue weighted by atomic mass is 35.5. The first kappa shape index (κ1) is 27.4. The number of benzene rings is 4. The Hall–Kier alpha value is -4.20. The van der Waals surface area contributed by atoms with Gasteiger partial charge in [-0.2, -0.15) is 0 Å². The molecule has 0 bridgehead atoms. The minimum absolute atomic E-state index is 0.217. The summed E-state index contributed by atoms with van der Waals surface area (Å²) in [7, 11) is 0. The Bertz CT molecular complexity index is 1510. The fourth-order valence-electron chi connectivity index (χ4n) is 4.40. The molecular formula is C31H25Cl2NO6. The van der Waals surface area contributed by atoms with Crippen LogP contribution in [-0.2, 0) is 4.79 Å². The Morgan fingerprint density at radius 1 is 0.925 bits per heavy atom. The third-order valence-electron chi connectivity index (χ3n) is 6.47. The molecular weight excluding hydrogens is 553 g/mol. The predicted molar refractivity (Wildman–Crippen MR) is 152 cm³/mol. The maximum absolute atomic E-state index is 13.0. The normalized spacial score (nSPS) is 14.8. The highest BCUT2D eigenvalue weighted by molar-refractivity contribution is 6.32. The molecule has 4 aromatic rings. The van der Waals surface area contributed by atoms with Crippen molar-refractivity contribution in [1.82, 2.24) is 5.32 Å². The number of para-hydroxylation sites is 1. The number of fused-ring (bicyclic) bond motifs is 1.